The number of aliphatic hydroxyl groups excluding tert-OH is 1. The first-order valence-corrected chi connectivity index (χ1v) is 6.93. The number of hydrogen-bond acceptors (Lipinski definition) is 4. The highest BCUT2D eigenvalue weighted by Crippen LogP contribution is 2.31. The van der Waals surface area contributed by atoms with Crippen LogP contribution >= 0.6 is 0 Å². The van der Waals surface area contributed by atoms with Crippen molar-refractivity contribution >= 4 is 17.8 Å². The molecular weight excluding hydrogens is 264 g/mol. The van der Waals surface area contributed by atoms with Crippen LogP contribution in [0.15, 0.2) is 0 Å². The third-order valence-corrected chi connectivity index (χ3v) is 3.76. The highest BCUT2D eigenvalue weighted by molar-refractivity contribution is 5.89. The van der Waals surface area contributed by atoms with Crippen molar-refractivity contribution in [1.29, 1.82) is 0 Å². The molecule has 2 rings (SSSR count). The Balaban J connectivity index is 1.70. The smallest absolute Gasteiger partial charge is 0.332 e. The number of nitrogens with one attached hydrogen (secondary N) is 1. The fourth-order valence-electron chi connectivity index (χ4n) is 2.34. The highest BCUT2D eigenvalue weighted by Gasteiger charge is 2.36. The predicted octanol–water partition coefficient (Wildman–Crippen LogP) is -0.803. The molecule has 0 aromatic carbocycles. The molecule has 1 aliphatic carbocycles. The van der Waals surface area contributed by atoms with Gasteiger partial charge in [0.15, 0.2) is 6.10 Å². The normalized spacial score (nSPS) is 23.8. The number of amides is 2. The van der Waals surface area contributed by atoms with E-state index in [0.29, 0.717) is 12.5 Å². The number of carboxylic acid groups (broad SMARTS) is 1. The van der Waals surface area contributed by atoms with Gasteiger partial charge in [0, 0.05) is 32.5 Å². The Hall–Kier alpha value is -1.63. The second-order valence-electron chi connectivity index (χ2n) is 5.58. The minimum Gasteiger partial charge on any atom is -0.479 e. The van der Waals surface area contributed by atoms with Crippen LogP contribution in [0.2, 0.25) is 0 Å². The Labute approximate surface area is 116 Å². The standard InChI is InChI=1S/C13H20N2O5/c16-10(13(19)20)3-4-14-12(18)9-5-11(17)15(7-9)6-8-1-2-8/h8-10,16H,1-7H2,(H,14,18)(H,19,20). The summed E-state index contributed by atoms with van der Waals surface area (Å²) in [6.07, 6.45) is 1.04. The summed E-state index contributed by atoms with van der Waals surface area (Å²) >= 11 is 0. The summed E-state index contributed by atoms with van der Waals surface area (Å²) in [7, 11) is 0. The van der Waals surface area contributed by atoms with Crippen LogP contribution in [-0.4, -0.2) is 58.6 Å². The largest absolute Gasteiger partial charge is 0.479 e. The van der Waals surface area contributed by atoms with Crippen molar-refractivity contribution in [1.82, 2.24) is 10.2 Å². The number of aliphatic carboxylic acids is 1. The van der Waals surface area contributed by atoms with Gasteiger partial charge in [0.25, 0.3) is 0 Å². The number of carbonyl (C=O) groups excluding carboxylic acids is 2. The number of carbonyl (C=O) groups is 3. The second kappa shape index (κ2) is 6.21. The van der Waals surface area contributed by atoms with Gasteiger partial charge in [-0.25, -0.2) is 4.79 Å². The molecule has 112 valence electrons. The fraction of sp³-hybridized carbons (Fsp3) is 0.769. The Morgan fingerprint density at radius 2 is 2.10 bits per heavy atom. The molecule has 0 radical (unpaired) electrons. The molecule has 0 aromatic heterocycles. The van der Waals surface area contributed by atoms with Gasteiger partial charge in [0.2, 0.25) is 11.8 Å². The van der Waals surface area contributed by atoms with Crippen LogP contribution < -0.4 is 5.32 Å². The maximum absolute atomic E-state index is 11.9. The molecule has 20 heavy (non-hydrogen) atoms. The molecule has 1 aliphatic heterocycles. The zero-order valence-corrected chi connectivity index (χ0v) is 11.2. The van der Waals surface area contributed by atoms with Crippen molar-refractivity contribution in [2.75, 3.05) is 19.6 Å². The number of rotatable bonds is 7. The summed E-state index contributed by atoms with van der Waals surface area (Å²) in [5, 5.41) is 20.2. The Bertz CT molecular complexity index is 408. The van der Waals surface area contributed by atoms with Crippen LogP contribution in [0, 0.1) is 11.8 Å². The van der Waals surface area contributed by atoms with Gasteiger partial charge in [-0.3, -0.25) is 9.59 Å². The first-order chi connectivity index (χ1) is 9.47. The SMILES string of the molecule is O=C(O)C(O)CCNC(=O)C1CC(=O)N(CC2CC2)C1. The molecule has 2 unspecified atom stereocenters. The molecule has 0 spiro atoms. The predicted molar refractivity (Wildman–Crippen MR) is 68.7 cm³/mol. The summed E-state index contributed by atoms with van der Waals surface area (Å²) < 4.78 is 0. The lowest BCUT2D eigenvalue weighted by molar-refractivity contribution is -0.147. The third kappa shape index (κ3) is 3.93. The fourth-order valence-corrected chi connectivity index (χ4v) is 2.34. The van der Waals surface area contributed by atoms with Gasteiger partial charge in [0.05, 0.1) is 5.92 Å². The third-order valence-electron chi connectivity index (χ3n) is 3.76. The zero-order valence-electron chi connectivity index (χ0n) is 11.2. The first kappa shape index (κ1) is 14.8. The van der Waals surface area contributed by atoms with E-state index >= 15 is 0 Å². The number of aliphatic hydroxyl groups is 1. The van der Waals surface area contributed by atoms with Crippen LogP contribution in [-0.2, 0) is 14.4 Å². The van der Waals surface area contributed by atoms with Gasteiger partial charge in [0.1, 0.15) is 0 Å². The molecule has 0 aromatic rings. The minimum atomic E-state index is -1.47. The Morgan fingerprint density at radius 1 is 1.40 bits per heavy atom. The molecule has 2 fully saturated rings. The average molecular weight is 284 g/mol. The van der Waals surface area contributed by atoms with Crippen molar-refractivity contribution in [3.05, 3.63) is 0 Å². The van der Waals surface area contributed by atoms with Gasteiger partial charge < -0.3 is 20.4 Å². The maximum Gasteiger partial charge on any atom is 0.332 e. The monoisotopic (exact) mass is 284 g/mol. The molecule has 1 saturated heterocycles. The number of nitrogens with zero attached hydrogens (tertiary/aromatic N) is 1. The van der Waals surface area contributed by atoms with Gasteiger partial charge in [-0.2, -0.15) is 0 Å². The van der Waals surface area contributed by atoms with E-state index in [1.165, 1.54) is 0 Å². The zero-order chi connectivity index (χ0) is 14.7. The second-order valence-corrected chi connectivity index (χ2v) is 5.58. The van der Waals surface area contributed by atoms with E-state index in [-0.39, 0.29) is 37.1 Å². The van der Waals surface area contributed by atoms with Gasteiger partial charge >= 0.3 is 5.97 Å². The summed E-state index contributed by atoms with van der Waals surface area (Å²) in [6.45, 7) is 1.29. The van der Waals surface area contributed by atoms with E-state index in [2.05, 4.69) is 5.32 Å². The number of carboxylic acids is 1. The van der Waals surface area contributed by atoms with Crippen LogP contribution in [0.25, 0.3) is 0 Å². The van der Waals surface area contributed by atoms with E-state index in [9.17, 15) is 14.4 Å². The van der Waals surface area contributed by atoms with Crippen LogP contribution in [0.3, 0.4) is 0 Å². The first-order valence-electron chi connectivity index (χ1n) is 6.93. The summed E-state index contributed by atoms with van der Waals surface area (Å²) in [4.78, 5) is 35.8. The highest BCUT2D eigenvalue weighted by atomic mass is 16.4. The van der Waals surface area contributed by atoms with Crippen molar-refractivity contribution in [3.63, 3.8) is 0 Å². The Kier molecular flexibility index (Phi) is 4.59. The van der Waals surface area contributed by atoms with Crippen molar-refractivity contribution < 1.29 is 24.6 Å². The van der Waals surface area contributed by atoms with Crippen molar-refractivity contribution in [2.24, 2.45) is 11.8 Å². The van der Waals surface area contributed by atoms with Crippen LogP contribution in [0.4, 0.5) is 0 Å². The molecule has 1 saturated carbocycles. The molecule has 2 amide bonds. The molecule has 1 heterocycles. The molecule has 0 bridgehead atoms. The van der Waals surface area contributed by atoms with E-state index < -0.39 is 12.1 Å². The molecule has 7 nitrogen and oxygen atoms in total. The molecule has 3 N–H and O–H groups in total. The number of hydrogen-bond donors (Lipinski definition) is 3. The topological polar surface area (TPSA) is 107 Å². The molecule has 7 heteroatoms. The molecule has 2 atom stereocenters. The van der Waals surface area contributed by atoms with Crippen molar-refractivity contribution in [3.8, 4) is 0 Å². The van der Waals surface area contributed by atoms with E-state index in [1.807, 2.05) is 0 Å². The quantitative estimate of drug-likeness (QED) is 0.567. The van der Waals surface area contributed by atoms with Gasteiger partial charge in [-0.1, -0.05) is 0 Å². The minimum absolute atomic E-state index is 0.0163. The summed E-state index contributed by atoms with van der Waals surface area (Å²) in [5.41, 5.74) is 0. The number of likely N-dealkylation sites (tertiary alicyclic amines) is 1. The van der Waals surface area contributed by atoms with E-state index in [1.54, 1.807) is 4.90 Å². The van der Waals surface area contributed by atoms with Crippen molar-refractivity contribution in [2.45, 2.75) is 31.8 Å². The Morgan fingerprint density at radius 3 is 2.70 bits per heavy atom. The average Bonchev–Trinajstić information content (AvgIpc) is 3.12. The lowest BCUT2D eigenvalue weighted by Gasteiger charge is -2.16. The van der Waals surface area contributed by atoms with Gasteiger partial charge in [-0.05, 0) is 18.8 Å². The molecular formula is C13H20N2O5. The molecule has 2 aliphatic rings. The van der Waals surface area contributed by atoms with Crippen LogP contribution in [0.5, 0.6) is 0 Å². The summed E-state index contributed by atoms with van der Waals surface area (Å²) in [6, 6.07) is 0. The maximum atomic E-state index is 11.9. The summed E-state index contributed by atoms with van der Waals surface area (Å²) in [5.74, 6) is -1.28. The van der Waals surface area contributed by atoms with Crippen LogP contribution in [0.1, 0.15) is 25.7 Å². The lowest BCUT2D eigenvalue weighted by atomic mass is 10.1. The lowest BCUT2D eigenvalue weighted by Crippen LogP contribution is -2.35. The van der Waals surface area contributed by atoms with E-state index in [0.717, 1.165) is 19.4 Å². The van der Waals surface area contributed by atoms with Gasteiger partial charge in [-0.15, -0.1) is 0 Å². The van der Waals surface area contributed by atoms with E-state index in [4.69, 9.17) is 10.2 Å².